The predicted octanol–water partition coefficient (Wildman–Crippen LogP) is 2.35. The minimum atomic E-state index is -3.34. The molecule has 140 valence electrons. The first-order valence-electron chi connectivity index (χ1n) is 8.83. The topological polar surface area (TPSA) is 71.4 Å². The molecular weight excluding hydrogens is 350 g/mol. The van der Waals surface area contributed by atoms with Gasteiger partial charge in [-0.05, 0) is 43.5 Å². The van der Waals surface area contributed by atoms with Crippen molar-refractivity contribution < 1.29 is 13.2 Å². The van der Waals surface area contributed by atoms with Crippen molar-refractivity contribution in [1.29, 1.82) is 0 Å². The first-order valence-corrected chi connectivity index (χ1v) is 10.5. The maximum absolute atomic E-state index is 12.6. The molecule has 0 bridgehead atoms. The molecule has 1 N–H and O–H groups in total. The van der Waals surface area contributed by atoms with Crippen molar-refractivity contribution in [2.24, 2.45) is 7.05 Å². The molecule has 2 aromatic rings. The van der Waals surface area contributed by atoms with E-state index in [0.717, 1.165) is 12.8 Å². The molecule has 0 radical (unpaired) electrons. The van der Waals surface area contributed by atoms with Crippen LogP contribution in [0.4, 0.5) is 4.79 Å². The summed E-state index contributed by atoms with van der Waals surface area (Å²) in [6.45, 7) is 2.49. The summed E-state index contributed by atoms with van der Waals surface area (Å²) < 4.78 is 26.9. The molecule has 6 nitrogen and oxygen atoms in total. The molecule has 2 amide bonds. The van der Waals surface area contributed by atoms with Crippen molar-refractivity contribution in [1.82, 2.24) is 14.8 Å². The van der Waals surface area contributed by atoms with Crippen LogP contribution in [-0.2, 0) is 29.9 Å². The van der Waals surface area contributed by atoms with Gasteiger partial charge in [0, 0.05) is 38.1 Å². The normalized spacial score (nSPS) is 17.2. The van der Waals surface area contributed by atoms with Crippen molar-refractivity contribution in [2.75, 3.05) is 12.3 Å². The maximum atomic E-state index is 12.6. The van der Waals surface area contributed by atoms with Gasteiger partial charge in [-0.25, -0.2) is 13.2 Å². The molecule has 26 heavy (non-hydrogen) atoms. The molecule has 1 aromatic carbocycles. The summed E-state index contributed by atoms with van der Waals surface area (Å²) >= 11 is 0. The van der Waals surface area contributed by atoms with E-state index < -0.39 is 9.84 Å². The molecule has 0 aliphatic carbocycles. The number of rotatable bonds is 4. The van der Waals surface area contributed by atoms with Crippen molar-refractivity contribution in [2.45, 2.75) is 37.2 Å². The summed E-state index contributed by atoms with van der Waals surface area (Å²) in [5.74, 6) is -0.0465. The average Bonchev–Trinajstić information content (AvgIpc) is 2.95. The van der Waals surface area contributed by atoms with E-state index in [9.17, 15) is 13.2 Å². The summed E-state index contributed by atoms with van der Waals surface area (Å²) in [4.78, 5) is 14.6. The Kier molecular flexibility index (Phi) is 5.36. The zero-order valence-electron chi connectivity index (χ0n) is 15.2. The Hall–Kier alpha value is -2.28. The third-order valence-corrected chi connectivity index (χ3v) is 6.63. The number of amides is 2. The van der Waals surface area contributed by atoms with E-state index in [-0.39, 0.29) is 24.4 Å². The first kappa shape index (κ1) is 18.5. The second kappa shape index (κ2) is 7.53. The van der Waals surface area contributed by atoms with Gasteiger partial charge in [0.2, 0.25) is 0 Å². The molecule has 0 fully saturated rings. The zero-order chi connectivity index (χ0) is 18.7. The third kappa shape index (κ3) is 4.09. The first-order chi connectivity index (χ1) is 12.4. The number of hydrogen-bond donors (Lipinski definition) is 1. The molecule has 3 rings (SSSR count). The van der Waals surface area contributed by atoms with Gasteiger partial charge in [-0.1, -0.05) is 18.2 Å². The Bertz CT molecular complexity index is 889. The lowest BCUT2D eigenvalue weighted by Crippen LogP contribution is -2.44. The number of hydrogen-bond acceptors (Lipinski definition) is 3. The van der Waals surface area contributed by atoms with Crippen molar-refractivity contribution in [3.63, 3.8) is 0 Å². The lowest BCUT2D eigenvalue weighted by Gasteiger charge is -2.23. The van der Waals surface area contributed by atoms with E-state index in [0.29, 0.717) is 17.0 Å². The summed E-state index contributed by atoms with van der Waals surface area (Å²) in [7, 11) is -1.33. The minimum absolute atomic E-state index is 0.00695. The van der Waals surface area contributed by atoms with Gasteiger partial charge in [0.15, 0.2) is 9.84 Å². The van der Waals surface area contributed by atoms with E-state index >= 15 is 0 Å². The van der Waals surface area contributed by atoms with E-state index in [1.807, 2.05) is 26.2 Å². The van der Waals surface area contributed by atoms with Gasteiger partial charge in [-0.3, -0.25) is 0 Å². The molecule has 7 heteroatoms. The largest absolute Gasteiger partial charge is 0.354 e. The summed E-state index contributed by atoms with van der Waals surface area (Å²) in [5, 5.41) is 3.00. The van der Waals surface area contributed by atoms with Crippen LogP contribution in [0.3, 0.4) is 0 Å². The van der Waals surface area contributed by atoms with Gasteiger partial charge in [-0.2, -0.15) is 0 Å². The number of nitrogens with zero attached hydrogens (tertiary/aromatic N) is 2. The van der Waals surface area contributed by atoms with Gasteiger partial charge in [0.25, 0.3) is 0 Å². The highest BCUT2D eigenvalue weighted by molar-refractivity contribution is 7.91. The lowest BCUT2D eigenvalue weighted by molar-refractivity contribution is 0.194. The number of fused-ring (bicyclic) bond motifs is 1. The number of aryl methyl sites for hydroxylation is 2. The molecule has 1 aliphatic rings. The van der Waals surface area contributed by atoms with E-state index in [1.54, 1.807) is 29.2 Å². The summed E-state index contributed by atoms with van der Waals surface area (Å²) in [6.07, 6.45) is 3.71. The predicted molar refractivity (Wildman–Crippen MR) is 101 cm³/mol. The molecule has 2 heterocycles. The Morgan fingerprint density at radius 3 is 2.73 bits per heavy atom. The molecule has 0 saturated carbocycles. The average molecular weight is 375 g/mol. The van der Waals surface area contributed by atoms with Crippen LogP contribution in [-0.4, -0.2) is 42.3 Å². The fraction of sp³-hybridized carbons (Fsp3) is 0.421. The molecule has 1 unspecified atom stereocenters. The Morgan fingerprint density at radius 1 is 1.23 bits per heavy atom. The Morgan fingerprint density at radius 2 is 2.00 bits per heavy atom. The van der Waals surface area contributed by atoms with E-state index in [1.165, 1.54) is 5.69 Å². The van der Waals surface area contributed by atoms with Crippen LogP contribution in [0.1, 0.15) is 24.6 Å². The summed E-state index contributed by atoms with van der Waals surface area (Å²) in [6, 6.07) is 10.8. The molecule has 1 atom stereocenters. The van der Waals surface area contributed by atoms with Gasteiger partial charge < -0.3 is 14.8 Å². The SMILES string of the molecule is CC(CCc1cccn1C)NC(=O)N1CCS(=O)(=O)c2ccccc2C1. The second-order valence-corrected chi connectivity index (χ2v) is 8.93. The maximum Gasteiger partial charge on any atom is 0.317 e. The number of nitrogens with one attached hydrogen (secondary N) is 1. The Balaban J connectivity index is 1.62. The smallest absolute Gasteiger partial charge is 0.317 e. The monoisotopic (exact) mass is 375 g/mol. The standard InChI is InChI=1S/C19H25N3O3S/c1-15(9-10-17-7-5-11-21(17)2)20-19(23)22-12-13-26(24,25)18-8-4-3-6-16(18)14-22/h3-8,11,15H,9-10,12-14H2,1-2H3,(H,20,23). The van der Waals surface area contributed by atoms with Crippen LogP contribution < -0.4 is 5.32 Å². The second-order valence-electron chi connectivity index (χ2n) is 6.85. The van der Waals surface area contributed by atoms with Crippen LogP contribution in [0.15, 0.2) is 47.5 Å². The Labute approximate surface area is 154 Å². The van der Waals surface area contributed by atoms with Crippen molar-refractivity contribution in [3.8, 4) is 0 Å². The van der Waals surface area contributed by atoms with Gasteiger partial charge in [-0.15, -0.1) is 0 Å². The van der Waals surface area contributed by atoms with Crippen LogP contribution in [0.2, 0.25) is 0 Å². The lowest BCUT2D eigenvalue weighted by atomic mass is 10.1. The highest BCUT2D eigenvalue weighted by atomic mass is 32.2. The van der Waals surface area contributed by atoms with Crippen LogP contribution >= 0.6 is 0 Å². The number of urea groups is 1. The minimum Gasteiger partial charge on any atom is -0.354 e. The van der Waals surface area contributed by atoms with Gasteiger partial charge in [0.05, 0.1) is 10.6 Å². The van der Waals surface area contributed by atoms with Crippen LogP contribution in [0.25, 0.3) is 0 Å². The van der Waals surface area contributed by atoms with Crippen molar-refractivity contribution in [3.05, 3.63) is 53.9 Å². The van der Waals surface area contributed by atoms with Crippen LogP contribution in [0, 0.1) is 0 Å². The number of aromatic nitrogens is 1. The molecule has 0 spiro atoms. The highest BCUT2D eigenvalue weighted by Gasteiger charge is 2.27. The number of carbonyl (C=O) groups excluding carboxylic acids is 1. The molecule has 1 aromatic heterocycles. The number of carbonyl (C=O) groups is 1. The van der Waals surface area contributed by atoms with Gasteiger partial charge >= 0.3 is 6.03 Å². The number of benzene rings is 1. The quantitative estimate of drug-likeness (QED) is 0.892. The fourth-order valence-corrected chi connectivity index (χ4v) is 4.73. The van der Waals surface area contributed by atoms with E-state index in [2.05, 4.69) is 16.0 Å². The highest BCUT2D eigenvalue weighted by Crippen LogP contribution is 2.22. The van der Waals surface area contributed by atoms with Crippen LogP contribution in [0.5, 0.6) is 0 Å². The van der Waals surface area contributed by atoms with Gasteiger partial charge in [0.1, 0.15) is 0 Å². The molecular formula is C19H25N3O3S. The number of sulfone groups is 1. The molecule has 0 saturated heterocycles. The third-order valence-electron chi connectivity index (χ3n) is 4.84. The summed E-state index contributed by atoms with van der Waals surface area (Å²) in [5.41, 5.74) is 1.90. The fourth-order valence-electron chi connectivity index (χ4n) is 3.23. The van der Waals surface area contributed by atoms with E-state index in [4.69, 9.17) is 0 Å². The zero-order valence-corrected chi connectivity index (χ0v) is 16.0. The molecule has 1 aliphatic heterocycles. The van der Waals surface area contributed by atoms with Crippen molar-refractivity contribution >= 4 is 15.9 Å².